The highest BCUT2D eigenvalue weighted by Crippen LogP contribution is 2.44. The van der Waals surface area contributed by atoms with Crippen LogP contribution in [0.3, 0.4) is 0 Å². The van der Waals surface area contributed by atoms with Crippen LogP contribution in [-0.2, 0) is 13.0 Å². The molecule has 30 heavy (non-hydrogen) atoms. The van der Waals surface area contributed by atoms with Crippen molar-refractivity contribution >= 4 is 10.9 Å². The Morgan fingerprint density at radius 3 is 2.93 bits per heavy atom. The van der Waals surface area contributed by atoms with Gasteiger partial charge in [0.05, 0.1) is 5.69 Å². The third-order valence-corrected chi connectivity index (χ3v) is 7.15. The van der Waals surface area contributed by atoms with E-state index in [-0.39, 0.29) is 0 Å². The first-order chi connectivity index (χ1) is 14.7. The van der Waals surface area contributed by atoms with Gasteiger partial charge in [0.25, 0.3) is 0 Å². The molecule has 0 radical (unpaired) electrons. The van der Waals surface area contributed by atoms with E-state index in [2.05, 4.69) is 64.0 Å². The third-order valence-electron chi connectivity index (χ3n) is 7.15. The van der Waals surface area contributed by atoms with Gasteiger partial charge in [-0.05, 0) is 68.1 Å². The van der Waals surface area contributed by atoms with E-state index >= 15 is 0 Å². The van der Waals surface area contributed by atoms with Crippen LogP contribution in [0.15, 0.2) is 54.9 Å². The summed E-state index contributed by atoms with van der Waals surface area (Å²) < 4.78 is 2.19. The number of pyridine rings is 1. The summed E-state index contributed by atoms with van der Waals surface area (Å²) in [6, 6.07) is 15.5. The minimum Gasteiger partial charge on any atom is -0.361 e. The fraction of sp³-hybridized carbons (Fsp3) is 0.360. The van der Waals surface area contributed by atoms with Gasteiger partial charge in [0.2, 0.25) is 0 Å². The molecule has 3 atom stereocenters. The largest absolute Gasteiger partial charge is 0.361 e. The lowest BCUT2D eigenvalue weighted by Crippen LogP contribution is -2.48. The van der Waals surface area contributed by atoms with Crippen molar-refractivity contribution in [2.45, 2.75) is 38.3 Å². The van der Waals surface area contributed by atoms with E-state index in [0.29, 0.717) is 17.9 Å². The highest BCUT2D eigenvalue weighted by atomic mass is 15.3. The standard InChI is InChI=1S/C25H27N5/c1-16-10-23(21-7-3-4-9-26-21)28-30(16)15-17-11-20-19-6-5-8-22-25(19)18(13-27-22)12-24(20)29(2)14-17/h3-10,13,17,20,24,27H,11-12,14-15H2,1-2H3/t17-,20-,24-/m1/s1. The second-order valence-electron chi connectivity index (χ2n) is 9.07. The van der Waals surface area contributed by atoms with Gasteiger partial charge in [-0.15, -0.1) is 0 Å². The summed E-state index contributed by atoms with van der Waals surface area (Å²) in [6.45, 7) is 4.24. The number of likely N-dealkylation sites (N-methyl/N-ethyl adjacent to an activating group) is 1. The maximum absolute atomic E-state index is 4.90. The summed E-state index contributed by atoms with van der Waals surface area (Å²) in [5.74, 6) is 1.18. The minimum absolute atomic E-state index is 0.585. The lowest BCUT2D eigenvalue weighted by atomic mass is 9.72. The zero-order chi connectivity index (χ0) is 20.2. The van der Waals surface area contributed by atoms with Gasteiger partial charge in [0.1, 0.15) is 5.69 Å². The van der Waals surface area contributed by atoms with Crippen molar-refractivity contribution in [3.63, 3.8) is 0 Å². The molecule has 5 nitrogen and oxygen atoms in total. The average molecular weight is 398 g/mol. The highest BCUT2D eigenvalue weighted by Gasteiger charge is 2.39. The van der Waals surface area contributed by atoms with Crippen LogP contribution < -0.4 is 0 Å². The van der Waals surface area contributed by atoms with Crippen molar-refractivity contribution in [2.24, 2.45) is 5.92 Å². The van der Waals surface area contributed by atoms with Crippen molar-refractivity contribution in [2.75, 3.05) is 13.6 Å². The number of H-pyrrole nitrogens is 1. The molecule has 0 unspecified atom stereocenters. The molecule has 2 aliphatic rings. The van der Waals surface area contributed by atoms with Gasteiger partial charge in [-0.25, -0.2) is 0 Å². The topological polar surface area (TPSA) is 49.7 Å². The van der Waals surface area contributed by atoms with E-state index < -0.39 is 0 Å². The highest BCUT2D eigenvalue weighted by molar-refractivity contribution is 5.88. The van der Waals surface area contributed by atoms with Crippen LogP contribution in [0, 0.1) is 12.8 Å². The van der Waals surface area contributed by atoms with E-state index in [4.69, 9.17) is 5.10 Å². The Kier molecular flexibility index (Phi) is 4.06. The minimum atomic E-state index is 0.585. The number of nitrogens with zero attached hydrogens (tertiary/aromatic N) is 4. The monoisotopic (exact) mass is 397 g/mol. The van der Waals surface area contributed by atoms with Crippen LogP contribution in [0.1, 0.15) is 29.2 Å². The molecule has 0 spiro atoms. The molecular weight excluding hydrogens is 370 g/mol. The second-order valence-corrected chi connectivity index (χ2v) is 9.07. The summed E-state index contributed by atoms with van der Waals surface area (Å²) in [4.78, 5) is 10.5. The van der Waals surface area contributed by atoms with E-state index in [1.54, 1.807) is 0 Å². The maximum atomic E-state index is 4.90. The third kappa shape index (κ3) is 2.80. The van der Waals surface area contributed by atoms with Crippen LogP contribution in [0.4, 0.5) is 0 Å². The first kappa shape index (κ1) is 17.9. The van der Waals surface area contributed by atoms with Crippen LogP contribution in [0.5, 0.6) is 0 Å². The molecule has 4 aromatic rings. The Bertz CT molecular complexity index is 1200. The molecule has 1 aliphatic heterocycles. The Morgan fingerprint density at radius 1 is 1.13 bits per heavy atom. The molecule has 1 saturated heterocycles. The molecule has 0 bridgehead atoms. The fourth-order valence-electron chi connectivity index (χ4n) is 5.77. The van der Waals surface area contributed by atoms with Crippen molar-refractivity contribution in [3.05, 3.63) is 71.7 Å². The number of aromatic nitrogens is 4. The van der Waals surface area contributed by atoms with Gasteiger partial charge in [-0.3, -0.25) is 9.67 Å². The molecule has 1 fully saturated rings. The lowest BCUT2D eigenvalue weighted by molar-refractivity contribution is 0.101. The normalized spacial score (nSPS) is 23.6. The maximum Gasteiger partial charge on any atom is 0.111 e. The van der Waals surface area contributed by atoms with Crippen molar-refractivity contribution in [3.8, 4) is 11.4 Å². The number of piperidine rings is 1. The first-order valence-electron chi connectivity index (χ1n) is 10.9. The quantitative estimate of drug-likeness (QED) is 0.558. The summed E-state index contributed by atoms with van der Waals surface area (Å²) in [5.41, 5.74) is 7.42. The number of rotatable bonds is 3. The van der Waals surface area contributed by atoms with Gasteiger partial charge in [-0.1, -0.05) is 18.2 Å². The zero-order valence-electron chi connectivity index (χ0n) is 17.5. The van der Waals surface area contributed by atoms with Gasteiger partial charge in [0, 0.05) is 54.0 Å². The Morgan fingerprint density at radius 2 is 2.07 bits per heavy atom. The number of benzene rings is 1. The fourth-order valence-corrected chi connectivity index (χ4v) is 5.77. The molecule has 3 aromatic heterocycles. The molecule has 5 heteroatoms. The van der Waals surface area contributed by atoms with Crippen molar-refractivity contribution in [1.29, 1.82) is 0 Å². The Hall–Kier alpha value is -2.92. The zero-order valence-corrected chi connectivity index (χ0v) is 17.5. The molecule has 1 aliphatic carbocycles. The smallest absolute Gasteiger partial charge is 0.111 e. The van der Waals surface area contributed by atoms with Crippen molar-refractivity contribution < 1.29 is 0 Å². The summed E-state index contributed by atoms with van der Waals surface area (Å²) in [6.07, 6.45) is 6.42. The predicted molar refractivity (Wildman–Crippen MR) is 119 cm³/mol. The van der Waals surface area contributed by atoms with Crippen molar-refractivity contribution in [1.82, 2.24) is 24.6 Å². The molecule has 1 aromatic carbocycles. The number of hydrogen-bond donors (Lipinski definition) is 1. The molecule has 1 N–H and O–H groups in total. The number of aryl methyl sites for hydroxylation is 1. The van der Waals surface area contributed by atoms with Gasteiger partial charge < -0.3 is 9.88 Å². The second kappa shape index (κ2) is 6.81. The predicted octanol–water partition coefficient (Wildman–Crippen LogP) is 4.40. The van der Waals surface area contributed by atoms with Gasteiger partial charge in [-0.2, -0.15) is 5.10 Å². The molecular formula is C25H27N5. The number of likely N-dealkylation sites (tertiary alicyclic amines) is 1. The molecule has 0 amide bonds. The molecule has 0 saturated carbocycles. The molecule has 6 rings (SSSR count). The summed E-state index contributed by atoms with van der Waals surface area (Å²) >= 11 is 0. The van der Waals surface area contributed by atoms with Crippen LogP contribution in [-0.4, -0.2) is 44.3 Å². The summed E-state index contributed by atoms with van der Waals surface area (Å²) in [7, 11) is 2.30. The van der Waals surface area contributed by atoms with E-state index in [0.717, 1.165) is 30.9 Å². The molecule has 4 heterocycles. The van der Waals surface area contributed by atoms with Crippen LogP contribution in [0.25, 0.3) is 22.3 Å². The SMILES string of the molecule is Cc1cc(-c2ccccn2)nn1C[C@@H]1C[C@@H]2c3cccc4[nH]cc(c34)C[C@H]2N(C)C1. The number of fused-ring (bicyclic) bond motifs is 2. The number of nitrogens with one attached hydrogen (secondary N) is 1. The summed E-state index contributed by atoms with van der Waals surface area (Å²) in [5, 5.41) is 6.37. The molecule has 152 valence electrons. The number of aromatic amines is 1. The Balaban J connectivity index is 1.29. The van der Waals surface area contributed by atoms with Crippen LogP contribution in [0.2, 0.25) is 0 Å². The van der Waals surface area contributed by atoms with E-state index in [9.17, 15) is 0 Å². The first-order valence-corrected chi connectivity index (χ1v) is 10.9. The Labute approximate surface area is 176 Å². The lowest BCUT2D eigenvalue weighted by Gasteiger charge is -2.45. The number of hydrogen-bond acceptors (Lipinski definition) is 3. The van der Waals surface area contributed by atoms with Gasteiger partial charge in [0.15, 0.2) is 0 Å². The van der Waals surface area contributed by atoms with Gasteiger partial charge >= 0.3 is 0 Å². The van der Waals surface area contributed by atoms with Crippen LogP contribution >= 0.6 is 0 Å². The van der Waals surface area contributed by atoms with E-state index in [1.165, 1.54) is 34.1 Å². The average Bonchev–Trinajstić information content (AvgIpc) is 3.34. The van der Waals surface area contributed by atoms with E-state index in [1.807, 2.05) is 24.4 Å².